The number of amides is 1. The standard InChI is InChI=1S/C30H29BF3NO4/c1-29(2)30(3,4)39-31(38-29)19(13-18-14-26(33)27(34)15-25(18)32)16-35-28(36)37-17-24-22-11-7-5-9-20(22)21-10-6-8-12-23(21)24/h5-15,24H,16-17H2,1-4H3,(H,35,36). The molecule has 1 fully saturated rings. The van der Waals surface area contributed by atoms with Gasteiger partial charge in [-0.2, -0.15) is 0 Å². The molecule has 0 bridgehead atoms. The van der Waals surface area contributed by atoms with Gasteiger partial charge in [-0.05, 0) is 61.5 Å². The Labute approximate surface area is 226 Å². The maximum atomic E-state index is 14.5. The molecule has 5 nitrogen and oxygen atoms in total. The van der Waals surface area contributed by atoms with E-state index in [2.05, 4.69) is 5.32 Å². The predicted octanol–water partition coefficient (Wildman–Crippen LogP) is 6.66. The van der Waals surface area contributed by atoms with Gasteiger partial charge in [-0.3, -0.25) is 0 Å². The molecule has 202 valence electrons. The van der Waals surface area contributed by atoms with Crippen LogP contribution in [0.2, 0.25) is 0 Å². The number of carbonyl (C=O) groups is 1. The number of hydrogen-bond acceptors (Lipinski definition) is 4. The van der Waals surface area contributed by atoms with Crippen LogP contribution in [0.15, 0.2) is 66.1 Å². The maximum absolute atomic E-state index is 14.5. The molecule has 0 radical (unpaired) electrons. The first-order valence-corrected chi connectivity index (χ1v) is 12.8. The Bertz CT molecular complexity index is 1390. The van der Waals surface area contributed by atoms with Gasteiger partial charge < -0.3 is 19.4 Å². The molecule has 1 amide bonds. The van der Waals surface area contributed by atoms with E-state index >= 15 is 0 Å². The quantitative estimate of drug-likeness (QED) is 0.284. The third kappa shape index (κ3) is 5.21. The number of fused-ring (bicyclic) bond motifs is 3. The van der Waals surface area contributed by atoms with Gasteiger partial charge in [0.25, 0.3) is 0 Å². The van der Waals surface area contributed by atoms with Crippen LogP contribution < -0.4 is 5.32 Å². The second kappa shape index (κ2) is 10.2. The van der Waals surface area contributed by atoms with Crippen LogP contribution in [-0.2, 0) is 14.0 Å². The summed E-state index contributed by atoms with van der Waals surface area (Å²) < 4.78 is 59.6. The number of benzene rings is 3. The Morgan fingerprint density at radius 3 is 2.03 bits per heavy atom. The van der Waals surface area contributed by atoms with Crippen molar-refractivity contribution >= 4 is 19.3 Å². The summed E-state index contributed by atoms with van der Waals surface area (Å²) in [6.07, 6.45) is 0.606. The zero-order valence-corrected chi connectivity index (χ0v) is 22.2. The predicted molar refractivity (Wildman–Crippen MR) is 143 cm³/mol. The molecule has 0 atom stereocenters. The number of rotatable bonds is 6. The smallest absolute Gasteiger partial charge is 0.449 e. The van der Waals surface area contributed by atoms with Crippen LogP contribution in [0, 0.1) is 17.5 Å². The van der Waals surface area contributed by atoms with Gasteiger partial charge in [0.15, 0.2) is 11.6 Å². The van der Waals surface area contributed by atoms with Crippen molar-refractivity contribution in [3.63, 3.8) is 0 Å². The molecule has 0 saturated carbocycles. The second-order valence-corrected chi connectivity index (χ2v) is 10.8. The van der Waals surface area contributed by atoms with E-state index in [4.69, 9.17) is 14.0 Å². The van der Waals surface area contributed by atoms with E-state index in [-0.39, 0.29) is 24.6 Å². The lowest BCUT2D eigenvalue weighted by molar-refractivity contribution is 0.00578. The number of halogens is 3. The summed E-state index contributed by atoms with van der Waals surface area (Å²) in [5.74, 6) is -3.55. The molecule has 1 aliphatic heterocycles. The summed E-state index contributed by atoms with van der Waals surface area (Å²) in [4.78, 5) is 12.8. The normalized spacial score (nSPS) is 17.6. The third-order valence-corrected chi connectivity index (χ3v) is 7.72. The Kier molecular flexibility index (Phi) is 7.07. The van der Waals surface area contributed by atoms with Crippen LogP contribution in [0.25, 0.3) is 17.2 Å². The van der Waals surface area contributed by atoms with E-state index in [1.54, 1.807) is 0 Å². The van der Waals surface area contributed by atoms with Crippen LogP contribution in [0.1, 0.15) is 50.3 Å². The van der Waals surface area contributed by atoms with Crippen molar-refractivity contribution in [2.45, 2.75) is 44.8 Å². The highest BCUT2D eigenvalue weighted by Gasteiger charge is 2.52. The van der Waals surface area contributed by atoms with Crippen LogP contribution in [0.5, 0.6) is 0 Å². The first-order valence-electron chi connectivity index (χ1n) is 12.8. The number of nitrogens with one attached hydrogen (secondary N) is 1. The molecular weight excluding hydrogens is 506 g/mol. The highest BCUT2D eigenvalue weighted by Crippen LogP contribution is 2.44. The summed E-state index contributed by atoms with van der Waals surface area (Å²) in [5, 5.41) is 2.67. The Morgan fingerprint density at radius 1 is 0.897 bits per heavy atom. The molecule has 0 spiro atoms. The van der Waals surface area contributed by atoms with Crippen molar-refractivity contribution in [2.75, 3.05) is 13.2 Å². The second-order valence-electron chi connectivity index (χ2n) is 10.8. The largest absolute Gasteiger partial charge is 0.492 e. The molecule has 3 aromatic rings. The average Bonchev–Trinajstić information content (AvgIpc) is 3.32. The molecule has 1 heterocycles. The van der Waals surface area contributed by atoms with Crippen LogP contribution in [-0.4, -0.2) is 37.6 Å². The minimum atomic E-state index is -1.29. The summed E-state index contributed by atoms with van der Waals surface area (Å²) >= 11 is 0. The average molecular weight is 535 g/mol. The summed E-state index contributed by atoms with van der Waals surface area (Å²) in [6.45, 7) is 7.38. The van der Waals surface area contributed by atoms with Gasteiger partial charge in [0.05, 0.1) is 11.2 Å². The lowest BCUT2D eigenvalue weighted by Crippen LogP contribution is -2.41. The van der Waals surface area contributed by atoms with E-state index < -0.39 is 41.9 Å². The molecule has 2 aliphatic rings. The van der Waals surface area contributed by atoms with Crippen molar-refractivity contribution in [2.24, 2.45) is 0 Å². The Hall–Kier alpha value is -3.56. The number of hydrogen-bond donors (Lipinski definition) is 1. The highest BCUT2D eigenvalue weighted by molar-refractivity contribution is 6.56. The number of alkyl carbamates (subject to hydrolysis) is 1. The molecule has 1 aliphatic carbocycles. The molecule has 0 aromatic heterocycles. The van der Waals surface area contributed by atoms with Gasteiger partial charge in [-0.25, -0.2) is 18.0 Å². The van der Waals surface area contributed by atoms with Gasteiger partial charge in [0.1, 0.15) is 12.4 Å². The first kappa shape index (κ1) is 27.0. The maximum Gasteiger partial charge on any atom is 0.492 e. The zero-order chi connectivity index (χ0) is 27.9. The number of ether oxygens (including phenoxy) is 1. The Balaban J connectivity index is 1.33. The fourth-order valence-electron chi connectivity index (χ4n) is 4.87. The fraction of sp³-hybridized carbons (Fsp3) is 0.300. The van der Waals surface area contributed by atoms with E-state index in [9.17, 15) is 18.0 Å². The molecule has 1 saturated heterocycles. The summed E-state index contributed by atoms with van der Waals surface area (Å²) in [6, 6.07) is 17.2. The van der Waals surface area contributed by atoms with E-state index in [1.165, 1.54) is 6.08 Å². The molecule has 39 heavy (non-hydrogen) atoms. The molecule has 9 heteroatoms. The SMILES string of the molecule is CC1(C)OB(C(=Cc2cc(F)c(F)cc2F)CNC(=O)OCC2c3ccccc3-c3ccccc32)OC1(C)C. The lowest BCUT2D eigenvalue weighted by Gasteiger charge is -2.32. The highest BCUT2D eigenvalue weighted by atomic mass is 19.2. The first-order chi connectivity index (χ1) is 18.5. The summed E-state index contributed by atoms with van der Waals surface area (Å²) in [7, 11) is -0.962. The summed E-state index contributed by atoms with van der Waals surface area (Å²) in [5.41, 5.74) is 3.07. The van der Waals surface area contributed by atoms with Gasteiger partial charge >= 0.3 is 13.2 Å². The third-order valence-electron chi connectivity index (χ3n) is 7.72. The van der Waals surface area contributed by atoms with Gasteiger partial charge in [-0.1, -0.05) is 54.6 Å². The van der Waals surface area contributed by atoms with E-state index in [1.807, 2.05) is 76.2 Å². The van der Waals surface area contributed by atoms with E-state index in [0.717, 1.165) is 28.3 Å². The lowest BCUT2D eigenvalue weighted by atomic mass is 9.77. The van der Waals surface area contributed by atoms with Crippen molar-refractivity contribution < 1.29 is 32.0 Å². The van der Waals surface area contributed by atoms with Gasteiger partial charge in [0, 0.05) is 24.1 Å². The van der Waals surface area contributed by atoms with Crippen LogP contribution in [0.4, 0.5) is 18.0 Å². The van der Waals surface area contributed by atoms with Crippen LogP contribution >= 0.6 is 0 Å². The van der Waals surface area contributed by atoms with Crippen molar-refractivity contribution in [3.8, 4) is 11.1 Å². The molecule has 3 aromatic carbocycles. The minimum absolute atomic E-state index is 0.113. The fourth-order valence-corrected chi connectivity index (χ4v) is 4.87. The van der Waals surface area contributed by atoms with E-state index in [0.29, 0.717) is 11.5 Å². The minimum Gasteiger partial charge on any atom is -0.449 e. The molecule has 5 rings (SSSR count). The van der Waals surface area contributed by atoms with Gasteiger partial charge in [-0.15, -0.1) is 0 Å². The van der Waals surface area contributed by atoms with Gasteiger partial charge in [0.2, 0.25) is 0 Å². The van der Waals surface area contributed by atoms with Crippen molar-refractivity contribution in [1.29, 1.82) is 0 Å². The molecule has 0 unspecified atom stereocenters. The Morgan fingerprint density at radius 2 is 1.44 bits per heavy atom. The topological polar surface area (TPSA) is 56.8 Å². The van der Waals surface area contributed by atoms with Crippen molar-refractivity contribution in [3.05, 3.63) is 100 Å². The monoisotopic (exact) mass is 535 g/mol. The molecular formula is C30H29BF3NO4. The van der Waals surface area contributed by atoms with Crippen molar-refractivity contribution in [1.82, 2.24) is 5.32 Å². The number of carbonyl (C=O) groups excluding carboxylic acids is 1. The van der Waals surface area contributed by atoms with Crippen LogP contribution in [0.3, 0.4) is 0 Å². The molecule has 1 N–H and O–H groups in total. The zero-order valence-electron chi connectivity index (χ0n) is 22.2.